The van der Waals surface area contributed by atoms with Crippen LogP contribution in [0.5, 0.6) is 0 Å². The molecule has 2 aliphatic rings. The number of hydrogen-bond donors (Lipinski definition) is 2. The van der Waals surface area contributed by atoms with Crippen molar-refractivity contribution in [2.24, 2.45) is 11.7 Å². The van der Waals surface area contributed by atoms with Gasteiger partial charge in [-0.3, -0.25) is 4.98 Å². The molecule has 6 rings (SSSR count). The number of hydrogen-bond acceptors (Lipinski definition) is 7. The zero-order valence-electron chi connectivity index (χ0n) is 22.8. The molecule has 4 atom stereocenters. The Labute approximate surface area is 227 Å². The van der Waals surface area contributed by atoms with E-state index in [1.165, 1.54) is 0 Å². The summed E-state index contributed by atoms with van der Waals surface area (Å²) in [5.41, 5.74) is 12.0. The number of imidazole rings is 1. The van der Waals surface area contributed by atoms with Crippen LogP contribution in [0.15, 0.2) is 48.9 Å². The molecule has 0 radical (unpaired) electrons. The summed E-state index contributed by atoms with van der Waals surface area (Å²) in [6.45, 7) is 7.43. The molecule has 204 valence electrons. The second-order valence-electron chi connectivity index (χ2n) is 11.4. The van der Waals surface area contributed by atoms with Gasteiger partial charge in [-0.1, -0.05) is 19.9 Å². The van der Waals surface area contributed by atoms with Crippen molar-refractivity contribution in [3.63, 3.8) is 0 Å². The normalized spacial score (nSPS) is 24.5. The number of anilines is 2. The Morgan fingerprint density at radius 1 is 1.18 bits per heavy atom. The van der Waals surface area contributed by atoms with Crippen molar-refractivity contribution in [3.8, 4) is 11.3 Å². The van der Waals surface area contributed by atoms with E-state index in [9.17, 15) is 0 Å². The van der Waals surface area contributed by atoms with Gasteiger partial charge in [0, 0.05) is 30.3 Å². The molecule has 0 bridgehead atoms. The van der Waals surface area contributed by atoms with Crippen molar-refractivity contribution < 1.29 is 13.9 Å². The van der Waals surface area contributed by atoms with Gasteiger partial charge in [-0.2, -0.15) is 9.61 Å². The van der Waals surface area contributed by atoms with E-state index in [0.29, 0.717) is 36.3 Å². The molecule has 1 aliphatic heterocycles. The van der Waals surface area contributed by atoms with Gasteiger partial charge in [0.05, 0.1) is 48.6 Å². The number of rotatable bonds is 6. The van der Waals surface area contributed by atoms with Crippen LogP contribution in [0.2, 0.25) is 0 Å². The second kappa shape index (κ2) is 9.97. The predicted molar refractivity (Wildman–Crippen MR) is 149 cm³/mol. The van der Waals surface area contributed by atoms with Crippen LogP contribution in [0.3, 0.4) is 0 Å². The number of halogens is 1. The molecule has 0 amide bonds. The second-order valence-corrected chi connectivity index (χ2v) is 11.4. The standard InChI is InChI=1S/C30H35FN6O2/c1-17-10-20(30(3)15-39-16-30)12-23(31)27(17)25-6-5-21-13-34-29(37(21)36-25)35-26-14-33-8-7-22(26)19-9-18(2)28(38-4)24(32)11-19/h5-8,10,12-14,18-19,24,28H,9,11,15-16,32H2,1-4H3,(H,34,35). The molecule has 1 saturated heterocycles. The first-order chi connectivity index (χ1) is 18.8. The first kappa shape index (κ1) is 25.9. The molecule has 2 fully saturated rings. The lowest BCUT2D eigenvalue weighted by atomic mass is 9.74. The molecule has 4 unspecified atom stereocenters. The number of methoxy groups -OCH3 is 1. The van der Waals surface area contributed by atoms with Gasteiger partial charge in [0.2, 0.25) is 5.95 Å². The van der Waals surface area contributed by atoms with Gasteiger partial charge >= 0.3 is 0 Å². The Morgan fingerprint density at radius 3 is 2.69 bits per heavy atom. The minimum absolute atomic E-state index is 0.0369. The highest BCUT2D eigenvalue weighted by Gasteiger charge is 2.37. The van der Waals surface area contributed by atoms with Crippen LogP contribution in [0, 0.1) is 18.7 Å². The molecule has 1 aliphatic carbocycles. The molecule has 4 heterocycles. The maximum Gasteiger partial charge on any atom is 0.229 e. The summed E-state index contributed by atoms with van der Waals surface area (Å²) in [6.07, 6.45) is 7.22. The number of pyridine rings is 1. The van der Waals surface area contributed by atoms with Crippen molar-refractivity contribution in [3.05, 3.63) is 71.4 Å². The number of ether oxygens (including phenoxy) is 2. The third-order valence-corrected chi connectivity index (χ3v) is 8.47. The van der Waals surface area contributed by atoms with Crippen LogP contribution in [0.4, 0.5) is 16.0 Å². The molecule has 0 spiro atoms. The maximum atomic E-state index is 15.5. The zero-order chi connectivity index (χ0) is 27.3. The molecule has 1 saturated carbocycles. The molecule has 39 heavy (non-hydrogen) atoms. The summed E-state index contributed by atoms with van der Waals surface area (Å²) >= 11 is 0. The molecule has 9 heteroatoms. The van der Waals surface area contributed by atoms with Gasteiger partial charge in [-0.05, 0) is 72.6 Å². The fraction of sp³-hybridized carbons (Fsp3) is 0.433. The molecular weight excluding hydrogens is 495 g/mol. The van der Waals surface area contributed by atoms with E-state index < -0.39 is 0 Å². The quantitative estimate of drug-likeness (QED) is 0.357. The van der Waals surface area contributed by atoms with Crippen LogP contribution in [0.1, 0.15) is 49.3 Å². The minimum atomic E-state index is -0.286. The van der Waals surface area contributed by atoms with Crippen molar-refractivity contribution in [1.29, 1.82) is 0 Å². The fourth-order valence-electron chi connectivity index (χ4n) is 6.30. The average Bonchev–Trinajstić information content (AvgIpc) is 3.29. The van der Waals surface area contributed by atoms with Crippen LogP contribution in [-0.4, -0.2) is 52.1 Å². The zero-order valence-corrected chi connectivity index (χ0v) is 22.8. The Bertz CT molecular complexity index is 1480. The van der Waals surface area contributed by atoms with Crippen molar-refractivity contribution in [2.75, 3.05) is 25.6 Å². The van der Waals surface area contributed by atoms with E-state index in [0.717, 1.165) is 40.7 Å². The number of aryl methyl sites for hydroxylation is 1. The SMILES string of the molecule is COC1C(C)CC(c2ccncc2Nc2ncc3ccc(-c4c(C)cc(C5(C)COC5)cc4F)nn23)CC1N. The largest absolute Gasteiger partial charge is 0.380 e. The molecule has 1 aromatic carbocycles. The fourth-order valence-corrected chi connectivity index (χ4v) is 6.30. The van der Waals surface area contributed by atoms with Crippen LogP contribution >= 0.6 is 0 Å². The van der Waals surface area contributed by atoms with Crippen LogP contribution in [-0.2, 0) is 14.9 Å². The summed E-state index contributed by atoms with van der Waals surface area (Å²) in [6, 6.07) is 9.42. The predicted octanol–water partition coefficient (Wildman–Crippen LogP) is 5.13. The van der Waals surface area contributed by atoms with Crippen molar-refractivity contribution in [2.45, 2.75) is 57.1 Å². The molecular formula is C30H35FN6O2. The number of nitrogens with one attached hydrogen (secondary N) is 1. The highest BCUT2D eigenvalue weighted by Crippen LogP contribution is 2.40. The average molecular weight is 531 g/mol. The Kier molecular flexibility index (Phi) is 6.61. The highest BCUT2D eigenvalue weighted by atomic mass is 19.1. The summed E-state index contributed by atoms with van der Waals surface area (Å²) in [4.78, 5) is 8.95. The third-order valence-electron chi connectivity index (χ3n) is 8.47. The molecule has 3 N–H and O–H groups in total. The molecule has 4 aromatic rings. The Hall–Kier alpha value is -3.40. The maximum absolute atomic E-state index is 15.5. The summed E-state index contributed by atoms with van der Waals surface area (Å²) in [7, 11) is 1.73. The van der Waals surface area contributed by atoms with E-state index in [2.05, 4.69) is 29.1 Å². The minimum Gasteiger partial charge on any atom is -0.380 e. The number of nitrogens with zero attached hydrogens (tertiary/aromatic N) is 4. The lowest BCUT2D eigenvalue weighted by molar-refractivity contribution is -0.0501. The van der Waals surface area contributed by atoms with E-state index in [-0.39, 0.29) is 29.3 Å². The first-order valence-electron chi connectivity index (χ1n) is 13.5. The monoisotopic (exact) mass is 530 g/mol. The lowest BCUT2D eigenvalue weighted by Gasteiger charge is -2.39. The number of benzene rings is 1. The van der Waals surface area contributed by atoms with Gasteiger partial charge in [-0.25, -0.2) is 9.37 Å². The summed E-state index contributed by atoms with van der Waals surface area (Å²) < 4.78 is 28.2. The van der Waals surface area contributed by atoms with Gasteiger partial charge in [0.15, 0.2) is 0 Å². The first-order valence-corrected chi connectivity index (χ1v) is 13.5. The Balaban J connectivity index is 1.32. The van der Waals surface area contributed by atoms with E-state index in [4.69, 9.17) is 20.3 Å². The highest BCUT2D eigenvalue weighted by molar-refractivity contribution is 5.68. The third kappa shape index (κ3) is 4.58. The van der Waals surface area contributed by atoms with Gasteiger partial charge in [-0.15, -0.1) is 0 Å². The van der Waals surface area contributed by atoms with Crippen molar-refractivity contribution >= 4 is 17.2 Å². The van der Waals surface area contributed by atoms with Crippen LogP contribution in [0.25, 0.3) is 16.8 Å². The topological polar surface area (TPSA) is 99.6 Å². The van der Waals surface area contributed by atoms with E-state index in [1.54, 1.807) is 23.9 Å². The lowest BCUT2D eigenvalue weighted by Crippen LogP contribution is -2.45. The van der Waals surface area contributed by atoms with Gasteiger partial charge < -0.3 is 20.5 Å². The molecule has 3 aromatic heterocycles. The Morgan fingerprint density at radius 2 is 2.00 bits per heavy atom. The summed E-state index contributed by atoms with van der Waals surface area (Å²) in [5, 5.41) is 8.25. The number of aromatic nitrogens is 4. The summed E-state index contributed by atoms with van der Waals surface area (Å²) in [5.74, 6) is 0.856. The smallest absolute Gasteiger partial charge is 0.229 e. The van der Waals surface area contributed by atoms with Gasteiger partial charge in [0.25, 0.3) is 0 Å². The van der Waals surface area contributed by atoms with Gasteiger partial charge in [0.1, 0.15) is 5.82 Å². The number of nitrogens with two attached hydrogens (primary N) is 1. The number of fused-ring (bicyclic) bond motifs is 1. The van der Waals surface area contributed by atoms with Crippen molar-refractivity contribution in [1.82, 2.24) is 19.6 Å². The van der Waals surface area contributed by atoms with E-state index >= 15 is 4.39 Å². The van der Waals surface area contributed by atoms with Crippen LogP contribution < -0.4 is 11.1 Å². The van der Waals surface area contributed by atoms with E-state index in [1.807, 2.05) is 43.6 Å². The molecule has 8 nitrogen and oxygen atoms in total.